The minimum Gasteiger partial charge on any atom is -0.323 e. The lowest BCUT2D eigenvalue weighted by atomic mass is 10.2. The van der Waals surface area contributed by atoms with Gasteiger partial charge < -0.3 is 10.2 Å². The highest BCUT2D eigenvalue weighted by atomic mass is 35.5. The van der Waals surface area contributed by atoms with Crippen molar-refractivity contribution in [3.05, 3.63) is 63.1 Å². The Labute approximate surface area is 138 Å². The van der Waals surface area contributed by atoms with Crippen LogP contribution in [0.5, 0.6) is 0 Å². The van der Waals surface area contributed by atoms with E-state index in [4.69, 9.17) is 34.8 Å². The zero-order valence-corrected chi connectivity index (χ0v) is 13.5. The molecule has 110 valence electrons. The molecule has 0 radical (unpaired) electrons. The summed E-state index contributed by atoms with van der Waals surface area (Å²) in [5.41, 5.74) is 1.46. The lowest BCUT2D eigenvalue weighted by molar-refractivity contribution is 0.220. The van der Waals surface area contributed by atoms with Crippen molar-refractivity contribution in [3.63, 3.8) is 0 Å². The smallest absolute Gasteiger partial charge is 0.321 e. The number of urea groups is 1. The maximum absolute atomic E-state index is 12.1. The molecule has 0 aliphatic rings. The Kier molecular flexibility index (Phi) is 5.34. The third-order valence-electron chi connectivity index (χ3n) is 2.87. The number of hydrogen-bond acceptors (Lipinski definition) is 1. The van der Waals surface area contributed by atoms with Gasteiger partial charge in [-0.3, -0.25) is 0 Å². The quantitative estimate of drug-likeness (QED) is 0.804. The van der Waals surface area contributed by atoms with Crippen molar-refractivity contribution in [2.45, 2.75) is 6.54 Å². The second-order valence-corrected chi connectivity index (χ2v) is 5.74. The Balaban J connectivity index is 2.02. The van der Waals surface area contributed by atoms with Crippen LogP contribution >= 0.6 is 34.8 Å². The van der Waals surface area contributed by atoms with E-state index in [0.29, 0.717) is 27.3 Å². The molecule has 0 aliphatic heterocycles. The number of anilines is 1. The van der Waals surface area contributed by atoms with E-state index in [1.54, 1.807) is 42.3 Å². The molecule has 2 rings (SSSR count). The molecule has 2 amide bonds. The maximum atomic E-state index is 12.1. The van der Waals surface area contributed by atoms with Crippen molar-refractivity contribution in [2.75, 3.05) is 12.4 Å². The van der Waals surface area contributed by atoms with E-state index in [2.05, 4.69) is 5.32 Å². The van der Waals surface area contributed by atoms with Gasteiger partial charge >= 0.3 is 6.03 Å². The largest absolute Gasteiger partial charge is 0.323 e. The van der Waals surface area contributed by atoms with Gasteiger partial charge in [0.15, 0.2) is 0 Å². The first-order valence-corrected chi connectivity index (χ1v) is 7.31. The molecule has 0 saturated heterocycles. The van der Waals surface area contributed by atoms with E-state index < -0.39 is 0 Å². The fraction of sp³-hybridized carbons (Fsp3) is 0.133. The Morgan fingerprint density at radius 3 is 2.43 bits per heavy atom. The molecule has 0 spiro atoms. The van der Waals surface area contributed by atoms with E-state index >= 15 is 0 Å². The van der Waals surface area contributed by atoms with E-state index in [-0.39, 0.29) is 6.03 Å². The molecule has 21 heavy (non-hydrogen) atoms. The standard InChI is InChI=1S/C15H13Cl3N2O/c1-20(9-10-5-7-11(16)8-6-10)15(21)19-13-4-2-3-12(17)14(13)18/h2-8H,9H2,1H3,(H,19,21). The second kappa shape index (κ2) is 7.03. The minimum atomic E-state index is -0.269. The van der Waals surface area contributed by atoms with Crippen LogP contribution < -0.4 is 5.32 Å². The van der Waals surface area contributed by atoms with Crippen molar-refractivity contribution in [2.24, 2.45) is 0 Å². The van der Waals surface area contributed by atoms with Gasteiger partial charge in [-0.2, -0.15) is 0 Å². The van der Waals surface area contributed by atoms with Crippen LogP contribution in [0.15, 0.2) is 42.5 Å². The van der Waals surface area contributed by atoms with Gasteiger partial charge in [-0.05, 0) is 29.8 Å². The summed E-state index contributed by atoms with van der Waals surface area (Å²) in [7, 11) is 1.70. The molecule has 6 heteroatoms. The lowest BCUT2D eigenvalue weighted by Gasteiger charge is -2.18. The van der Waals surface area contributed by atoms with Crippen molar-refractivity contribution in [1.29, 1.82) is 0 Å². The van der Waals surface area contributed by atoms with Gasteiger partial charge in [-0.1, -0.05) is 53.0 Å². The number of hydrogen-bond donors (Lipinski definition) is 1. The predicted octanol–water partition coefficient (Wildman–Crippen LogP) is 5.31. The molecule has 0 heterocycles. The molecule has 1 N–H and O–H groups in total. The molecule has 0 aliphatic carbocycles. The molecule has 2 aromatic carbocycles. The first kappa shape index (κ1) is 16.0. The van der Waals surface area contributed by atoms with E-state index in [1.165, 1.54) is 0 Å². The number of benzene rings is 2. The summed E-state index contributed by atoms with van der Waals surface area (Å²) in [4.78, 5) is 13.7. The monoisotopic (exact) mass is 342 g/mol. The van der Waals surface area contributed by atoms with E-state index in [0.717, 1.165) is 5.56 Å². The van der Waals surface area contributed by atoms with Gasteiger partial charge in [0.05, 0.1) is 15.7 Å². The topological polar surface area (TPSA) is 32.3 Å². The number of rotatable bonds is 3. The number of halogens is 3. The number of nitrogens with one attached hydrogen (secondary N) is 1. The van der Waals surface area contributed by atoms with E-state index in [1.807, 2.05) is 12.1 Å². The molecular formula is C15H13Cl3N2O. The van der Waals surface area contributed by atoms with Crippen LogP contribution in [0.1, 0.15) is 5.56 Å². The fourth-order valence-corrected chi connectivity index (χ4v) is 2.22. The summed E-state index contributed by atoms with van der Waals surface area (Å²) in [5.74, 6) is 0. The SMILES string of the molecule is CN(Cc1ccc(Cl)cc1)C(=O)Nc1cccc(Cl)c1Cl. The van der Waals surface area contributed by atoms with E-state index in [9.17, 15) is 4.79 Å². The second-order valence-electron chi connectivity index (χ2n) is 4.51. The van der Waals surface area contributed by atoms with Gasteiger partial charge in [0, 0.05) is 18.6 Å². The molecule has 0 fully saturated rings. The molecule has 0 aromatic heterocycles. The zero-order valence-electron chi connectivity index (χ0n) is 11.2. The summed E-state index contributed by atoms with van der Waals surface area (Å²) in [6.07, 6.45) is 0. The van der Waals surface area contributed by atoms with Crippen LogP contribution in [-0.4, -0.2) is 18.0 Å². The molecular weight excluding hydrogens is 331 g/mol. The molecule has 2 aromatic rings. The summed E-state index contributed by atoms with van der Waals surface area (Å²) in [5, 5.41) is 4.11. The van der Waals surface area contributed by atoms with Gasteiger partial charge in [0.25, 0.3) is 0 Å². The Hall–Kier alpha value is -1.42. The zero-order chi connectivity index (χ0) is 15.4. The van der Waals surface area contributed by atoms with Crippen LogP contribution in [0.2, 0.25) is 15.1 Å². The van der Waals surface area contributed by atoms with Crippen molar-refractivity contribution in [3.8, 4) is 0 Å². The average molecular weight is 344 g/mol. The maximum Gasteiger partial charge on any atom is 0.321 e. The van der Waals surface area contributed by atoms with Gasteiger partial charge in [-0.15, -0.1) is 0 Å². The van der Waals surface area contributed by atoms with Gasteiger partial charge in [-0.25, -0.2) is 4.79 Å². The van der Waals surface area contributed by atoms with Gasteiger partial charge in [0.2, 0.25) is 0 Å². The molecule has 0 bridgehead atoms. The fourth-order valence-electron chi connectivity index (χ4n) is 1.75. The Morgan fingerprint density at radius 2 is 1.76 bits per heavy atom. The van der Waals surface area contributed by atoms with Crippen LogP contribution in [0.3, 0.4) is 0 Å². The normalized spacial score (nSPS) is 10.3. The summed E-state index contributed by atoms with van der Waals surface area (Å²) in [6.45, 7) is 0.460. The molecule has 0 atom stereocenters. The third-order valence-corrected chi connectivity index (χ3v) is 3.94. The highest BCUT2D eigenvalue weighted by Crippen LogP contribution is 2.29. The highest BCUT2D eigenvalue weighted by Gasteiger charge is 2.12. The number of amides is 2. The molecule has 0 saturated carbocycles. The average Bonchev–Trinajstić information content (AvgIpc) is 2.46. The number of nitrogens with zero attached hydrogens (tertiary/aromatic N) is 1. The predicted molar refractivity (Wildman–Crippen MR) is 88.4 cm³/mol. The van der Waals surface area contributed by atoms with Crippen LogP contribution in [0, 0.1) is 0 Å². The first-order valence-electron chi connectivity index (χ1n) is 6.18. The number of carbonyl (C=O) groups is 1. The lowest BCUT2D eigenvalue weighted by Crippen LogP contribution is -2.30. The van der Waals surface area contributed by atoms with Crippen molar-refractivity contribution in [1.82, 2.24) is 4.90 Å². The minimum absolute atomic E-state index is 0.269. The van der Waals surface area contributed by atoms with Crippen LogP contribution in [0.25, 0.3) is 0 Å². The molecule has 0 unspecified atom stereocenters. The highest BCUT2D eigenvalue weighted by molar-refractivity contribution is 6.43. The van der Waals surface area contributed by atoms with Gasteiger partial charge in [0.1, 0.15) is 0 Å². The Bertz CT molecular complexity index is 644. The number of carbonyl (C=O) groups excluding carboxylic acids is 1. The Morgan fingerprint density at radius 1 is 1.10 bits per heavy atom. The third kappa shape index (κ3) is 4.27. The summed E-state index contributed by atoms with van der Waals surface area (Å²) in [6, 6.07) is 12.1. The summed E-state index contributed by atoms with van der Waals surface area (Å²) >= 11 is 17.8. The first-order chi connectivity index (χ1) is 9.97. The summed E-state index contributed by atoms with van der Waals surface area (Å²) < 4.78 is 0. The van der Waals surface area contributed by atoms with Crippen molar-refractivity contribution < 1.29 is 4.79 Å². The van der Waals surface area contributed by atoms with Crippen LogP contribution in [0.4, 0.5) is 10.5 Å². The molecule has 3 nitrogen and oxygen atoms in total. The van der Waals surface area contributed by atoms with Crippen LogP contribution in [-0.2, 0) is 6.54 Å². The van der Waals surface area contributed by atoms with Crippen molar-refractivity contribution >= 4 is 46.5 Å².